The zero-order valence-electron chi connectivity index (χ0n) is 15.4. The van der Waals surface area contributed by atoms with Gasteiger partial charge < -0.3 is 5.32 Å². The standard InChI is InChI=1S/C20H15FN4O3S2/c21-15-4-6-16(7-5-15)30(27,28)25-20-24-17-8-3-14(10-18(17)29-20)19(26)23-12-13-2-1-9-22-11-13/h1-11H,12H2,(H,23,26)(H,24,25). The first-order valence-electron chi connectivity index (χ1n) is 8.77. The summed E-state index contributed by atoms with van der Waals surface area (Å²) < 4.78 is 41.0. The number of sulfonamides is 1. The number of halogens is 1. The second kappa shape index (κ2) is 8.17. The van der Waals surface area contributed by atoms with Gasteiger partial charge >= 0.3 is 0 Å². The van der Waals surface area contributed by atoms with Gasteiger partial charge in [0.05, 0.1) is 15.1 Å². The zero-order chi connectivity index (χ0) is 21.1. The van der Waals surface area contributed by atoms with E-state index in [9.17, 15) is 17.6 Å². The summed E-state index contributed by atoms with van der Waals surface area (Å²) in [6, 6.07) is 13.1. The number of anilines is 1. The van der Waals surface area contributed by atoms with Gasteiger partial charge in [-0.2, -0.15) is 0 Å². The normalized spacial score (nSPS) is 11.4. The molecule has 0 saturated heterocycles. The lowest BCUT2D eigenvalue weighted by molar-refractivity contribution is 0.0951. The molecule has 2 aromatic carbocycles. The summed E-state index contributed by atoms with van der Waals surface area (Å²) >= 11 is 1.10. The minimum absolute atomic E-state index is 0.0707. The highest BCUT2D eigenvalue weighted by Crippen LogP contribution is 2.28. The van der Waals surface area contributed by atoms with E-state index in [-0.39, 0.29) is 15.9 Å². The van der Waals surface area contributed by atoms with Crippen LogP contribution >= 0.6 is 11.3 Å². The molecule has 0 saturated carbocycles. The molecule has 1 amide bonds. The first-order chi connectivity index (χ1) is 14.4. The Labute approximate surface area is 175 Å². The van der Waals surface area contributed by atoms with E-state index in [4.69, 9.17) is 0 Å². The van der Waals surface area contributed by atoms with E-state index in [0.29, 0.717) is 22.3 Å². The summed E-state index contributed by atoms with van der Waals surface area (Å²) in [5.41, 5.74) is 1.87. The third-order valence-corrected chi connectivity index (χ3v) is 6.59. The van der Waals surface area contributed by atoms with Crippen molar-refractivity contribution in [3.05, 3.63) is 83.9 Å². The second-order valence-electron chi connectivity index (χ2n) is 6.30. The van der Waals surface area contributed by atoms with Gasteiger partial charge in [0.2, 0.25) is 0 Å². The molecule has 4 rings (SSSR count). The molecule has 2 heterocycles. The average molecular weight is 442 g/mol. The quantitative estimate of drug-likeness (QED) is 0.476. The summed E-state index contributed by atoms with van der Waals surface area (Å²) in [5, 5.41) is 2.97. The van der Waals surface area contributed by atoms with Gasteiger partial charge in [0.15, 0.2) is 5.13 Å². The molecule has 0 radical (unpaired) electrons. The van der Waals surface area contributed by atoms with Crippen LogP contribution in [0.15, 0.2) is 71.9 Å². The van der Waals surface area contributed by atoms with Gasteiger partial charge in [-0.1, -0.05) is 17.4 Å². The van der Waals surface area contributed by atoms with Crippen molar-refractivity contribution in [2.45, 2.75) is 11.4 Å². The number of carbonyl (C=O) groups excluding carboxylic acids is 1. The molecule has 152 valence electrons. The van der Waals surface area contributed by atoms with Gasteiger partial charge in [0.1, 0.15) is 5.82 Å². The van der Waals surface area contributed by atoms with Crippen molar-refractivity contribution in [1.82, 2.24) is 15.3 Å². The van der Waals surface area contributed by atoms with Gasteiger partial charge in [0, 0.05) is 24.5 Å². The van der Waals surface area contributed by atoms with E-state index >= 15 is 0 Å². The van der Waals surface area contributed by atoms with Crippen LogP contribution in [0.1, 0.15) is 15.9 Å². The van der Waals surface area contributed by atoms with E-state index in [1.165, 1.54) is 12.1 Å². The number of carbonyl (C=O) groups is 1. The lowest BCUT2D eigenvalue weighted by Gasteiger charge is -2.05. The van der Waals surface area contributed by atoms with Crippen LogP contribution in [0.25, 0.3) is 10.2 Å². The Morgan fingerprint density at radius 3 is 2.63 bits per heavy atom. The van der Waals surface area contributed by atoms with E-state index in [1.807, 2.05) is 6.07 Å². The Kier molecular flexibility index (Phi) is 5.42. The van der Waals surface area contributed by atoms with Crippen LogP contribution in [0.3, 0.4) is 0 Å². The fourth-order valence-electron chi connectivity index (χ4n) is 2.68. The molecular formula is C20H15FN4O3S2. The summed E-state index contributed by atoms with van der Waals surface area (Å²) in [6.07, 6.45) is 3.33. The van der Waals surface area contributed by atoms with Crippen molar-refractivity contribution < 1.29 is 17.6 Å². The van der Waals surface area contributed by atoms with Crippen LogP contribution in [0.5, 0.6) is 0 Å². The molecule has 0 unspecified atom stereocenters. The van der Waals surface area contributed by atoms with Crippen molar-refractivity contribution in [2.24, 2.45) is 0 Å². The predicted molar refractivity (Wildman–Crippen MR) is 112 cm³/mol. The maximum atomic E-state index is 13.0. The van der Waals surface area contributed by atoms with E-state index in [2.05, 4.69) is 20.0 Å². The second-order valence-corrected chi connectivity index (χ2v) is 9.02. The molecule has 30 heavy (non-hydrogen) atoms. The molecule has 7 nitrogen and oxygen atoms in total. The lowest BCUT2D eigenvalue weighted by atomic mass is 10.2. The first kappa shape index (κ1) is 19.9. The lowest BCUT2D eigenvalue weighted by Crippen LogP contribution is -2.22. The van der Waals surface area contributed by atoms with Crippen LogP contribution in [-0.4, -0.2) is 24.3 Å². The molecular weight excluding hydrogens is 427 g/mol. The number of thiazole rings is 1. The van der Waals surface area contributed by atoms with E-state index < -0.39 is 15.8 Å². The number of pyridine rings is 1. The monoisotopic (exact) mass is 442 g/mol. The van der Waals surface area contributed by atoms with Crippen LogP contribution < -0.4 is 10.0 Å². The summed E-state index contributed by atoms with van der Waals surface area (Å²) in [6.45, 7) is 0.343. The van der Waals surface area contributed by atoms with Crippen LogP contribution in [0.4, 0.5) is 9.52 Å². The van der Waals surface area contributed by atoms with Gasteiger partial charge in [-0.25, -0.2) is 17.8 Å². The molecule has 0 aliphatic heterocycles. The number of nitrogens with one attached hydrogen (secondary N) is 2. The first-order valence-corrected chi connectivity index (χ1v) is 11.1. The Morgan fingerprint density at radius 1 is 1.10 bits per heavy atom. The number of fused-ring (bicyclic) bond motifs is 1. The van der Waals surface area contributed by atoms with Gasteiger partial charge in [-0.3, -0.25) is 14.5 Å². The number of rotatable bonds is 6. The number of nitrogens with zero attached hydrogens (tertiary/aromatic N) is 2. The van der Waals surface area contributed by atoms with Crippen molar-refractivity contribution in [3.8, 4) is 0 Å². The Bertz CT molecular complexity index is 1310. The summed E-state index contributed by atoms with van der Waals surface area (Å²) in [7, 11) is -3.90. The smallest absolute Gasteiger partial charge is 0.263 e. The maximum Gasteiger partial charge on any atom is 0.263 e. The van der Waals surface area contributed by atoms with Crippen molar-refractivity contribution in [1.29, 1.82) is 0 Å². The number of amides is 1. The van der Waals surface area contributed by atoms with E-state index in [1.54, 1.807) is 36.7 Å². The third-order valence-electron chi connectivity index (χ3n) is 4.17. The third kappa shape index (κ3) is 4.44. The minimum Gasteiger partial charge on any atom is -0.348 e. The molecule has 2 aromatic heterocycles. The zero-order valence-corrected chi connectivity index (χ0v) is 17.0. The highest BCUT2D eigenvalue weighted by molar-refractivity contribution is 7.93. The molecule has 4 aromatic rings. The molecule has 0 spiro atoms. The van der Waals surface area contributed by atoms with Crippen LogP contribution in [0, 0.1) is 5.82 Å². The topological polar surface area (TPSA) is 101 Å². The Balaban J connectivity index is 1.50. The average Bonchev–Trinajstić information content (AvgIpc) is 3.13. The van der Waals surface area contributed by atoms with Crippen LogP contribution in [-0.2, 0) is 16.6 Å². The van der Waals surface area contributed by atoms with Gasteiger partial charge in [0.25, 0.3) is 15.9 Å². The number of aromatic nitrogens is 2. The molecule has 2 N–H and O–H groups in total. The van der Waals surface area contributed by atoms with Crippen molar-refractivity contribution in [2.75, 3.05) is 4.72 Å². The fourth-order valence-corrected chi connectivity index (χ4v) is 4.82. The number of benzene rings is 2. The van der Waals surface area contributed by atoms with Crippen LogP contribution in [0.2, 0.25) is 0 Å². The molecule has 0 atom stereocenters. The highest BCUT2D eigenvalue weighted by Gasteiger charge is 2.17. The molecule has 0 aliphatic rings. The van der Waals surface area contributed by atoms with Gasteiger partial charge in [-0.05, 0) is 54.1 Å². The SMILES string of the molecule is O=C(NCc1cccnc1)c1ccc2nc(NS(=O)(=O)c3ccc(F)cc3)sc2c1. The number of hydrogen-bond acceptors (Lipinski definition) is 6. The fraction of sp³-hybridized carbons (Fsp3) is 0.0500. The summed E-state index contributed by atoms with van der Waals surface area (Å²) in [5.74, 6) is -0.786. The van der Waals surface area contributed by atoms with Crippen molar-refractivity contribution >= 4 is 42.6 Å². The Morgan fingerprint density at radius 2 is 1.90 bits per heavy atom. The maximum absolute atomic E-state index is 13.0. The highest BCUT2D eigenvalue weighted by atomic mass is 32.2. The van der Waals surface area contributed by atoms with Gasteiger partial charge in [-0.15, -0.1) is 0 Å². The Hall–Kier alpha value is -3.37. The number of hydrogen-bond donors (Lipinski definition) is 2. The molecule has 0 aliphatic carbocycles. The molecule has 0 fully saturated rings. The van der Waals surface area contributed by atoms with E-state index in [0.717, 1.165) is 29.0 Å². The largest absolute Gasteiger partial charge is 0.348 e. The minimum atomic E-state index is -3.90. The molecule has 0 bridgehead atoms. The predicted octanol–water partition coefficient (Wildman–Crippen LogP) is 3.56. The summed E-state index contributed by atoms with van der Waals surface area (Å²) in [4.78, 5) is 20.6. The molecule has 10 heteroatoms. The van der Waals surface area contributed by atoms with Crippen molar-refractivity contribution in [3.63, 3.8) is 0 Å².